The number of ether oxygens (including phenoxy) is 3. The van der Waals surface area contributed by atoms with E-state index in [-0.39, 0.29) is 0 Å². The van der Waals surface area contributed by atoms with E-state index in [2.05, 4.69) is 4.98 Å². The molecule has 1 aromatic carbocycles. The number of aromatic nitrogens is 1. The molecule has 0 radical (unpaired) electrons. The molecule has 0 N–H and O–H groups in total. The van der Waals surface area contributed by atoms with Crippen LogP contribution in [0, 0.1) is 6.92 Å². The highest BCUT2D eigenvalue weighted by atomic mass is 16.6. The van der Waals surface area contributed by atoms with Gasteiger partial charge in [0.2, 0.25) is 5.89 Å². The molecule has 0 unspecified atom stereocenters. The molecule has 0 aliphatic carbocycles. The highest BCUT2D eigenvalue weighted by Crippen LogP contribution is 2.35. The van der Waals surface area contributed by atoms with Crippen molar-refractivity contribution < 1.29 is 18.6 Å². The number of rotatable bonds is 5. The lowest BCUT2D eigenvalue weighted by Crippen LogP contribution is -1.93. The molecular weight excluding hydrogens is 246 g/mol. The standard InChI is InChI=1S/C14H17NO4/c1-5-18-13-8-15-14(19-13)10-7-12(17-4)11(16-3)6-9(10)2/h6-8H,5H2,1-4H3. The Labute approximate surface area is 112 Å². The first kappa shape index (κ1) is 13.3. The van der Waals surface area contributed by atoms with Gasteiger partial charge in [-0.05, 0) is 31.5 Å². The number of benzene rings is 1. The van der Waals surface area contributed by atoms with Crippen molar-refractivity contribution in [3.05, 3.63) is 23.9 Å². The molecular formula is C14H17NO4. The average molecular weight is 263 g/mol. The van der Waals surface area contributed by atoms with Crippen molar-refractivity contribution in [1.82, 2.24) is 4.98 Å². The summed E-state index contributed by atoms with van der Waals surface area (Å²) in [4.78, 5) is 4.21. The monoisotopic (exact) mass is 263 g/mol. The Morgan fingerprint density at radius 1 is 1.16 bits per heavy atom. The normalized spacial score (nSPS) is 10.3. The van der Waals surface area contributed by atoms with Gasteiger partial charge in [-0.15, -0.1) is 0 Å². The lowest BCUT2D eigenvalue weighted by Gasteiger charge is -2.10. The van der Waals surface area contributed by atoms with Crippen LogP contribution in [0.1, 0.15) is 12.5 Å². The molecule has 2 aromatic rings. The minimum absolute atomic E-state index is 0.409. The molecule has 0 bridgehead atoms. The maximum atomic E-state index is 5.53. The number of aryl methyl sites for hydroxylation is 1. The minimum atomic E-state index is 0.409. The Bertz CT molecular complexity index is 563. The zero-order chi connectivity index (χ0) is 13.8. The molecule has 1 aromatic heterocycles. The quantitative estimate of drug-likeness (QED) is 0.829. The number of oxazole rings is 1. The second-order valence-corrected chi connectivity index (χ2v) is 3.94. The molecule has 0 aliphatic heterocycles. The van der Waals surface area contributed by atoms with Gasteiger partial charge in [0, 0.05) is 5.56 Å². The third-order valence-corrected chi connectivity index (χ3v) is 2.73. The van der Waals surface area contributed by atoms with Crippen LogP contribution in [0.3, 0.4) is 0 Å². The Morgan fingerprint density at radius 2 is 1.84 bits per heavy atom. The van der Waals surface area contributed by atoms with E-state index >= 15 is 0 Å². The molecule has 1 heterocycles. The van der Waals surface area contributed by atoms with Crippen molar-refractivity contribution in [3.63, 3.8) is 0 Å². The molecule has 0 atom stereocenters. The first-order chi connectivity index (χ1) is 9.19. The SMILES string of the molecule is CCOc1cnc(-c2cc(OC)c(OC)cc2C)o1. The maximum Gasteiger partial charge on any atom is 0.305 e. The van der Waals surface area contributed by atoms with E-state index in [0.717, 1.165) is 11.1 Å². The third kappa shape index (κ3) is 2.65. The van der Waals surface area contributed by atoms with Gasteiger partial charge < -0.3 is 18.6 Å². The van der Waals surface area contributed by atoms with Gasteiger partial charge in [-0.2, -0.15) is 0 Å². The summed E-state index contributed by atoms with van der Waals surface area (Å²) in [7, 11) is 3.20. The van der Waals surface area contributed by atoms with E-state index in [9.17, 15) is 0 Å². The highest BCUT2D eigenvalue weighted by molar-refractivity contribution is 5.64. The van der Waals surface area contributed by atoms with Crippen LogP contribution < -0.4 is 14.2 Å². The third-order valence-electron chi connectivity index (χ3n) is 2.73. The fourth-order valence-electron chi connectivity index (χ4n) is 1.80. The molecule has 0 saturated heterocycles. The maximum absolute atomic E-state index is 5.53. The number of methoxy groups -OCH3 is 2. The van der Waals surface area contributed by atoms with Gasteiger partial charge >= 0.3 is 5.95 Å². The van der Waals surface area contributed by atoms with Crippen LogP contribution in [-0.4, -0.2) is 25.8 Å². The van der Waals surface area contributed by atoms with Crippen LogP contribution in [0.2, 0.25) is 0 Å². The van der Waals surface area contributed by atoms with Crippen molar-refractivity contribution in [2.45, 2.75) is 13.8 Å². The lowest BCUT2D eigenvalue weighted by atomic mass is 10.1. The van der Waals surface area contributed by atoms with E-state index in [1.54, 1.807) is 20.4 Å². The van der Waals surface area contributed by atoms with Crippen molar-refractivity contribution in [3.8, 4) is 28.9 Å². The van der Waals surface area contributed by atoms with Crippen molar-refractivity contribution in [2.75, 3.05) is 20.8 Å². The first-order valence-electron chi connectivity index (χ1n) is 6.01. The summed E-state index contributed by atoms with van der Waals surface area (Å²) in [6.07, 6.45) is 1.56. The fraction of sp³-hybridized carbons (Fsp3) is 0.357. The van der Waals surface area contributed by atoms with Crippen LogP contribution in [0.15, 0.2) is 22.7 Å². The predicted molar refractivity (Wildman–Crippen MR) is 70.9 cm³/mol. The molecule has 102 valence electrons. The highest BCUT2D eigenvalue weighted by Gasteiger charge is 2.14. The van der Waals surface area contributed by atoms with Gasteiger partial charge in [0.1, 0.15) is 6.20 Å². The minimum Gasteiger partial charge on any atom is -0.493 e. The van der Waals surface area contributed by atoms with Gasteiger partial charge in [-0.3, -0.25) is 0 Å². The molecule has 0 spiro atoms. The number of hydrogen-bond donors (Lipinski definition) is 0. The van der Waals surface area contributed by atoms with Gasteiger partial charge in [0.25, 0.3) is 0 Å². The van der Waals surface area contributed by atoms with Crippen molar-refractivity contribution in [2.24, 2.45) is 0 Å². The van der Waals surface area contributed by atoms with E-state index in [1.165, 1.54) is 0 Å². The van der Waals surface area contributed by atoms with Crippen molar-refractivity contribution >= 4 is 0 Å². The Balaban J connectivity index is 2.42. The van der Waals surface area contributed by atoms with Gasteiger partial charge in [0.05, 0.1) is 20.8 Å². The molecule has 0 fully saturated rings. The molecule has 5 nitrogen and oxygen atoms in total. The summed E-state index contributed by atoms with van der Waals surface area (Å²) in [6, 6.07) is 3.73. The molecule has 0 aliphatic rings. The van der Waals surface area contributed by atoms with Crippen LogP contribution in [0.25, 0.3) is 11.5 Å². The van der Waals surface area contributed by atoms with Crippen LogP contribution in [0.4, 0.5) is 0 Å². The number of nitrogens with zero attached hydrogens (tertiary/aromatic N) is 1. The lowest BCUT2D eigenvalue weighted by molar-refractivity contribution is 0.260. The van der Waals surface area contributed by atoms with E-state index < -0.39 is 0 Å². The van der Waals surface area contributed by atoms with E-state index in [1.807, 2.05) is 26.0 Å². The van der Waals surface area contributed by atoms with Gasteiger partial charge in [-0.1, -0.05) is 0 Å². The zero-order valence-electron chi connectivity index (χ0n) is 11.5. The summed E-state index contributed by atoms with van der Waals surface area (Å²) >= 11 is 0. The summed E-state index contributed by atoms with van der Waals surface area (Å²) in [6.45, 7) is 4.39. The summed E-state index contributed by atoms with van der Waals surface area (Å²) in [5.41, 5.74) is 1.84. The average Bonchev–Trinajstić information content (AvgIpc) is 2.87. The molecule has 2 rings (SSSR count). The molecule has 5 heteroatoms. The molecule has 19 heavy (non-hydrogen) atoms. The first-order valence-corrected chi connectivity index (χ1v) is 6.01. The van der Waals surface area contributed by atoms with E-state index in [0.29, 0.717) is 29.9 Å². The summed E-state index contributed by atoms with van der Waals surface area (Å²) in [5.74, 6) is 2.23. The van der Waals surface area contributed by atoms with Crippen LogP contribution in [-0.2, 0) is 0 Å². The van der Waals surface area contributed by atoms with Gasteiger partial charge in [0.15, 0.2) is 11.5 Å². The zero-order valence-corrected chi connectivity index (χ0v) is 11.5. The molecule has 0 amide bonds. The summed E-state index contributed by atoms with van der Waals surface area (Å²) in [5, 5.41) is 0. The second-order valence-electron chi connectivity index (χ2n) is 3.94. The van der Waals surface area contributed by atoms with Gasteiger partial charge in [-0.25, -0.2) is 4.98 Å². The second kappa shape index (κ2) is 5.65. The topological polar surface area (TPSA) is 53.7 Å². The largest absolute Gasteiger partial charge is 0.493 e. The van der Waals surface area contributed by atoms with Crippen LogP contribution >= 0.6 is 0 Å². The fourth-order valence-corrected chi connectivity index (χ4v) is 1.80. The summed E-state index contributed by atoms with van der Waals surface area (Å²) < 4.78 is 21.3. The predicted octanol–water partition coefficient (Wildman–Crippen LogP) is 3.07. The smallest absolute Gasteiger partial charge is 0.305 e. The Morgan fingerprint density at radius 3 is 2.47 bits per heavy atom. The Hall–Kier alpha value is -2.17. The van der Waals surface area contributed by atoms with Crippen LogP contribution in [0.5, 0.6) is 17.4 Å². The molecule has 0 saturated carbocycles. The Kier molecular flexibility index (Phi) is 3.94. The number of hydrogen-bond acceptors (Lipinski definition) is 5. The van der Waals surface area contributed by atoms with E-state index in [4.69, 9.17) is 18.6 Å². The van der Waals surface area contributed by atoms with Crippen molar-refractivity contribution in [1.29, 1.82) is 0 Å².